The van der Waals surface area contributed by atoms with Crippen molar-refractivity contribution in [2.24, 2.45) is 45.3 Å². The van der Waals surface area contributed by atoms with E-state index in [0.29, 0.717) is 27.9 Å². The van der Waals surface area contributed by atoms with Crippen LogP contribution in [0.25, 0.3) is 0 Å². The number of carbonyl (C=O) groups excluding carboxylic acids is 1. The minimum atomic E-state index is -0.135. The van der Waals surface area contributed by atoms with E-state index in [0.717, 1.165) is 37.0 Å². The number of carbonyl (C=O) groups is 1. The minimum Gasteiger partial charge on any atom is -0.299 e. The zero-order valence-corrected chi connectivity index (χ0v) is 21.6. The average Bonchev–Trinajstić information content (AvgIpc) is 3.03. The summed E-state index contributed by atoms with van der Waals surface area (Å²) in [6, 6.07) is 0. The van der Waals surface area contributed by atoms with E-state index in [2.05, 4.69) is 61.1 Å². The van der Waals surface area contributed by atoms with Gasteiger partial charge in [0.15, 0.2) is 0 Å². The highest BCUT2D eigenvalue weighted by atomic mass is 16.1. The molecule has 4 fully saturated rings. The molecule has 0 spiro atoms. The first kappa shape index (κ1) is 23.3. The lowest BCUT2D eigenvalue weighted by Crippen LogP contribution is -2.63. The summed E-state index contributed by atoms with van der Waals surface area (Å²) in [5, 5.41) is 0. The molecule has 0 saturated heterocycles. The van der Waals surface area contributed by atoms with Gasteiger partial charge in [0.1, 0.15) is 5.78 Å². The summed E-state index contributed by atoms with van der Waals surface area (Å²) < 4.78 is 0. The van der Waals surface area contributed by atoms with Crippen LogP contribution in [0.4, 0.5) is 0 Å². The molecule has 31 heavy (non-hydrogen) atoms. The van der Waals surface area contributed by atoms with Crippen LogP contribution in [-0.2, 0) is 4.79 Å². The van der Waals surface area contributed by atoms with Gasteiger partial charge in [0.25, 0.3) is 0 Å². The van der Waals surface area contributed by atoms with E-state index in [1.54, 1.807) is 0 Å². The number of hydrogen-bond acceptors (Lipinski definition) is 1. The lowest BCUT2D eigenvalue weighted by molar-refractivity contribution is -0.201. The van der Waals surface area contributed by atoms with Gasteiger partial charge in [0.05, 0.1) is 0 Å². The molecule has 0 heterocycles. The van der Waals surface area contributed by atoms with E-state index in [1.165, 1.54) is 56.1 Å². The quantitative estimate of drug-likeness (QED) is 0.413. The van der Waals surface area contributed by atoms with Crippen molar-refractivity contribution in [1.82, 2.24) is 0 Å². The Kier molecular flexibility index (Phi) is 5.71. The average molecular weight is 425 g/mol. The zero-order valence-electron chi connectivity index (χ0n) is 21.6. The molecular weight excluding hydrogens is 376 g/mol. The molecule has 4 aliphatic carbocycles. The summed E-state index contributed by atoms with van der Waals surface area (Å²) >= 11 is 0. The molecule has 7 atom stereocenters. The number of rotatable bonds is 4. The first-order valence-corrected chi connectivity index (χ1v) is 13.2. The molecule has 0 bridgehead atoms. The maximum Gasteiger partial charge on any atom is 0.138 e. The van der Waals surface area contributed by atoms with E-state index < -0.39 is 0 Å². The van der Waals surface area contributed by atoms with Crippen LogP contribution in [0.5, 0.6) is 0 Å². The Balaban J connectivity index is 1.60. The van der Waals surface area contributed by atoms with Crippen molar-refractivity contribution in [1.29, 1.82) is 0 Å². The van der Waals surface area contributed by atoms with Gasteiger partial charge in [-0.15, -0.1) is 0 Å². The van der Waals surface area contributed by atoms with Crippen LogP contribution in [0.1, 0.15) is 113 Å². The van der Waals surface area contributed by atoms with E-state index in [4.69, 9.17) is 0 Å². The fourth-order valence-electron chi connectivity index (χ4n) is 9.76. The van der Waals surface area contributed by atoms with Gasteiger partial charge in [0.2, 0.25) is 0 Å². The first-order valence-electron chi connectivity index (χ1n) is 13.2. The third-order valence-corrected chi connectivity index (χ3v) is 11.7. The summed E-state index contributed by atoms with van der Waals surface area (Å²) in [5.74, 6) is 3.39. The van der Waals surface area contributed by atoms with Crippen molar-refractivity contribution in [3.63, 3.8) is 0 Å². The van der Waals surface area contributed by atoms with Crippen LogP contribution < -0.4 is 0 Å². The molecule has 0 aromatic carbocycles. The topological polar surface area (TPSA) is 17.1 Å². The molecule has 0 aromatic rings. The predicted molar refractivity (Wildman–Crippen MR) is 132 cm³/mol. The van der Waals surface area contributed by atoms with Gasteiger partial charge in [-0.25, -0.2) is 0 Å². The normalized spacial score (nSPS) is 46.0. The Morgan fingerprint density at radius 1 is 0.935 bits per heavy atom. The van der Waals surface area contributed by atoms with Crippen LogP contribution in [0.15, 0.2) is 23.8 Å². The van der Waals surface area contributed by atoms with Crippen molar-refractivity contribution in [2.45, 2.75) is 113 Å². The molecule has 0 N–H and O–H groups in total. The third kappa shape index (κ3) is 3.26. The lowest BCUT2D eigenvalue weighted by Gasteiger charge is -2.69. The highest BCUT2D eigenvalue weighted by molar-refractivity contribution is 5.85. The number of fused-ring (bicyclic) bond motifs is 5. The Bertz CT molecular complexity index is 782. The fourth-order valence-corrected chi connectivity index (χ4v) is 9.76. The van der Waals surface area contributed by atoms with Crippen LogP contribution >= 0.6 is 0 Å². The van der Waals surface area contributed by atoms with Gasteiger partial charge in [0, 0.05) is 11.8 Å². The molecule has 174 valence electrons. The smallest absolute Gasteiger partial charge is 0.138 e. The predicted octanol–water partition coefficient (Wildman–Crippen LogP) is 8.54. The standard InChI is InChI=1S/C30H48O/c1-20(2)10-9-11-21(3)22-14-18-29(7)23(22)12-13-25-28(6)17-16-26(31)27(4,5)24(28)15-19-30(25,29)8/h10,22-25H,3,9,11-19H2,1-2,4-8H3. The summed E-state index contributed by atoms with van der Waals surface area (Å²) in [5.41, 5.74) is 3.99. The Labute approximate surface area is 192 Å². The molecule has 0 radical (unpaired) electrons. The van der Waals surface area contributed by atoms with E-state index in [1.807, 2.05) is 0 Å². The summed E-state index contributed by atoms with van der Waals surface area (Å²) in [4.78, 5) is 12.8. The number of allylic oxidation sites excluding steroid dienone is 3. The maximum absolute atomic E-state index is 12.8. The summed E-state index contributed by atoms with van der Waals surface area (Å²) in [6.45, 7) is 21.5. The fraction of sp³-hybridized carbons (Fsp3) is 0.833. The number of ketones is 1. The molecule has 4 rings (SSSR count). The van der Waals surface area contributed by atoms with Crippen molar-refractivity contribution in [3.05, 3.63) is 23.8 Å². The van der Waals surface area contributed by atoms with Gasteiger partial charge in [-0.05, 0) is 112 Å². The molecule has 1 nitrogen and oxygen atoms in total. The van der Waals surface area contributed by atoms with Crippen molar-refractivity contribution in [3.8, 4) is 0 Å². The second kappa shape index (κ2) is 7.59. The first-order chi connectivity index (χ1) is 14.4. The number of Topliss-reactive ketones (excluding diaryl/α,β-unsaturated/α-hetero) is 1. The lowest BCUT2D eigenvalue weighted by atomic mass is 9.35. The second-order valence-corrected chi connectivity index (χ2v) is 13.4. The van der Waals surface area contributed by atoms with Crippen LogP contribution in [0, 0.1) is 45.3 Å². The van der Waals surface area contributed by atoms with Crippen LogP contribution in [0.2, 0.25) is 0 Å². The minimum absolute atomic E-state index is 0.135. The largest absolute Gasteiger partial charge is 0.299 e. The van der Waals surface area contributed by atoms with Gasteiger partial charge in [-0.1, -0.05) is 58.4 Å². The highest BCUT2D eigenvalue weighted by Crippen LogP contribution is 2.75. The Morgan fingerprint density at radius 3 is 2.29 bits per heavy atom. The molecular formula is C30H48O. The highest BCUT2D eigenvalue weighted by Gasteiger charge is 2.68. The van der Waals surface area contributed by atoms with Crippen molar-refractivity contribution in [2.75, 3.05) is 0 Å². The van der Waals surface area contributed by atoms with E-state index in [-0.39, 0.29) is 5.41 Å². The SMILES string of the molecule is C=C(CCC=C(C)C)C1CCC2(C)C1CCC1C3(C)CCC(=O)C(C)(C)C3CCC12C. The van der Waals surface area contributed by atoms with Crippen LogP contribution in [-0.4, -0.2) is 5.78 Å². The Hall–Kier alpha value is -0.850. The molecule has 0 aliphatic heterocycles. The van der Waals surface area contributed by atoms with Gasteiger partial charge in [-0.2, -0.15) is 0 Å². The molecule has 4 saturated carbocycles. The summed E-state index contributed by atoms with van der Waals surface area (Å²) in [6.07, 6.45) is 14.7. The molecule has 1 heteroatoms. The van der Waals surface area contributed by atoms with Crippen molar-refractivity contribution < 1.29 is 4.79 Å². The van der Waals surface area contributed by atoms with Gasteiger partial charge in [-0.3, -0.25) is 4.79 Å². The van der Waals surface area contributed by atoms with Crippen molar-refractivity contribution >= 4 is 5.78 Å². The van der Waals surface area contributed by atoms with E-state index >= 15 is 0 Å². The van der Waals surface area contributed by atoms with Gasteiger partial charge < -0.3 is 0 Å². The zero-order chi connectivity index (χ0) is 22.8. The summed E-state index contributed by atoms with van der Waals surface area (Å²) in [7, 11) is 0. The van der Waals surface area contributed by atoms with Crippen LogP contribution in [0.3, 0.4) is 0 Å². The van der Waals surface area contributed by atoms with Gasteiger partial charge >= 0.3 is 0 Å². The molecule has 0 amide bonds. The second-order valence-electron chi connectivity index (χ2n) is 13.4. The third-order valence-electron chi connectivity index (χ3n) is 11.7. The Morgan fingerprint density at radius 2 is 1.61 bits per heavy atom. The monoisotopic (exact) mass is 424 g/mol. The maximum atomic E-state index is 12.8. The molecule has 7 unspecified atom stereocenters. The number of hydrogen-bond donors (Lipinski definition) is 0. The van der Waals surface area contributed by atoms with E-state index in [9.17, 15) is 4.79 Å². The molecule has 0 aromatic heterocycles. The molecule has 4 aliphatic rings.